The van der Waals surface area contributed by atoms with Gasteiger partial charge in [-0.3, -0.25) is 0 Å². The van der Waals surface area contributed by atoms with Crippen molar-refractivity contribution in [3.63, 3.8) is 0 Å². The third kappa shape index (κ3) is 4.59. The summed E-state index contributed by atoms with van der Waals surface area (Å²) in [5, 5.41) is 0. The van der Waals surface area contributed by atoms with Crippen molar-refractivity contribution in [2.75, 3.05) is 0 Å². The Hall–Kier alpha value is 2.16. The molecule has 0 aromatic heterocycles. The van der Waals surface area contributed by atoms with Gasteiger partial charge in [-0.05, 0) is 68.3 Å². The summed E-state index contributed by atoms with van der Waals surface area (Å²) in [6, 6.07) is 17.2. The summed E-state index contributed by atoms with van der Waals surface area (Å²) in [7, 11) is 0. The molecule has 8 heteroatoms. The highest BCUT2D eigenvalue weighted by Gasteiger charge is 2.20. The second-order valence-electron chi connectivity index (χ2n) is 3.68. The summed E-state index contributed by atoms with van der Waals surface area (Å²) < 4.78 is 0.223. The predicted octanol–water partition coefficient (Wildman–Crippen LogP) is 9.09. The lowest BCUT2D eigenvalue weighted by atomic mass is 10.4. The molecule has 0 radical (unpaired) electrons. The molecule has 0 aliphatic carbocycles. The molecular weight excluding hydrogens is 588 g/mol. The Morgan fingerprint density at radius 1 is 0.550 bits per heavy atom. The van der Waals surface area contributed by atoms with E-state index in [1.807, 2.05) is 45.5 Å². The first-order valence-corrected chi connectivity index (χ1v) is 19.5. The van der Waals surface area contributed by atoms with Gasteiger partial charge in [0.05, 0.1) is 7.94 Å². The fourth-order valence-corrected chi connectivity index (χ4v) is 19.9. The van der Waals surface area contributed by atoms with Gasteiger partial charge in [-0.2, -0.15) is 0 Å². The van der Waals surface area contributed by atoms with Gasteiger partial charge in [0.1, 0.15) is 0 Å². The first-order chi connectivity index (χ1) is 9.72. The van der Waals surface area contributed by atoms with Crippen LogP contribution in [0.25, 0.3) is 0 Å². The van der Waals surface area contributed by atoms with E-state index in [-0.39, 0.29) is 7.94 Å². The van der Waals surface area contributed by atoms with Crippen LogP contribution in [0.1, 0.15) is 0 Å². The van der Waals surface area contributed by atoms with Crippen LogP contribution in [0.3, 0.4) is 0 Å². The first kappa shape index (κ1) is 17.0. The fourth-order valence-electron chi connectivity index (χ4n) is 1.55. The van der Waals surface area contributed by atoms with E-state index in [0.717, 1.165) is 0 Å². The van der Waals surface area contributed by atoms with Crippen molar-refractivity contribution in [2.45, 2.75) is 19.6 Å². The minimum Gasteiger partial charge on any atom is -0.0749 e. The first-order valence-electron chi connectivity index (χ1n) is 5.54. The van der Waals surface area contributed by atoms with Gasteiger partial charge < -0.3 is 0 Å². The second-order valence-corrected chi connectivity index (χ2v) is 28.6. The molecule has 0 fully saturated rings. The number of hydrogen-bond acceptors (Lipinski definition) is 4. The molecule has 2 aromatic rings. The number of rotatable bonds is 0. The van der Waals surface area contributed by atoms with E-state index in [1.54, 1.807) is 0 Å². The van der Waals surface area contributed by atoms with Crippen LogP contribution < -0.4 is 0 Å². The van der Waals surface area contributed by atoms with Crippen LogP contribution in [-0.4, -0.2) is 0 Å². The van der Waals surface area contributed by atoms with Crippen LogP contribution in [0.2, 0.25) is 0 Å². The standard InChI is InChI=1S/2C6H4IPS2/c2*7-8-9-5-3-1-2-4-6(5)10-8/h2*1-4H. The maximum Gasteiger partial charge on any atom is 0.0878 e. The summed E-state index contributed by atoms with van der Waals surface area (Å²) in [6.45, 7) is 0. The Bertz CT molecular complexity index is 510. The lowest BCUT2D eigenvalue weighted by Crippen LogP contribution is -1.65. The van der Waals surface area contributed by atoms with Crippen molar-refractivity contribution in [3.8, 4) is 0 Å². The van der Waals surface area contributed by atoms with Gasteiger partial charge in [0.25, 0.3) is 0 Å². The van der Waals surface area contributed by atoms with Crippen molar-refractivity contribution in [3.05, 3.63) is 48.5 Å². The molecule has 20 heavy (non-hydrogen) atoms. The number of hydrogen-bond donors (Lipinski definition) is 0. The molecule has 4 rings (SSSR count). The van der Waals surface area contributed by atoms with E-state index in [1.165, 1.54) is 19.6 Å². The predicted molar refractivity (Wildman–Crippen MR) is 118 cm³/mol. The molecule has 0 atom stereocenters. The van der Waals surface area contributed by atoms with Gasteiger partial charge in [0.15, 0.2) is 0 Å². The normalized spacial score (nSPS) is 17.3. The van der Waals surface area contributed by atoms with E-state index in [2.05, 4.69) is 92.6 Å². The minimum absolute atomic E-state index is 0.111. The molecule has 104 valence electrons. The maximum atomic E-state index is 2.52. The minimum atomic E-state index is 0.111. The van der Waals surface area contributed by atoms with Gasteiger partial charge in [-0.1, -0.05) is 69.8 Å². The number of halogens is 2. The Labute approximate surface area is 163 Å². The van der Waals surface area contributed by atoms with Crippen LogP contribution >= 0.6 is 97.5 Å². The molecule has 0 unspecified atom stereocenters. The van der Waals surface area contributed by atoms with Gasteiger partial charge in [0, 0.05) is 19.6 Å². The van der Waals surface area contributed by atoms with Crippen LogP contribution in [0.15, 0.2) is 68.1 Å². The Kier molecular flexibility index (Phi) is 7.07. The lowest BCUT2D eigenvalue weighted by Gasteiger charge is -1.90. The third-order valence-electron chi connectivity index (χ3n) is 2.38. The summed E-state index contributed by atoms with van der Waals surface area (Å²) >= 11 is 13.1. The molecule has 2 heterocycles. The molecule has 2 aliphatic rings. The van der Waals surface area contributed by atoms with Gasteiger partial charge in [-0.25, -0.2) is 0 Å². The SMILES string of the molecule is IP1Sc2ccccc2S1.IP1Sc2ccccc2S1. The highest BCUT2D eigenvalue weighted by molar-refractivity contribution is 14.2. The van der Waals surface area contributed by atoms with E-state index in [4.69, 9.17) is 0 Å². The molecular formula is C12H8I2P2S4. The highest BCUT2D eigenvalue weighted by atomic mass is 127. The number of fused-ring (bicyclic) bond motifs is 2. The van der Waals surface area contributed by atoms with Crippen LogP contribution in [0, 0.1) is 0 Å². The van der Waals surface area contributed by atoms with Crippen molar-refractivity contribution >= 4 is 97.5 Å². The quantitative estimate of drug-likeness (QED) is 0.220. The Morgan fingerprint density at radius 2 is 0.800 bits per heavy atom. The van der Waals surface area contributed by atoms with E-state index in [0.29, 0.717) is 0 Å². The monoisotopic (exact) mass is 596 g/mol. The average Bonchev–Trinajstić information content (AvgIpc) is 2.99. The van der Waals surface area contributed by atoms with Crippen LogP contribution in [-0.2, 0) is 0 Å². The molecule has 0 nitrogen and oxygen atoms in total. The molecule has 0 saturated carbocycles. The Balaban J connectivity index is 0.000000121. The Morgan fingerprint density at radius 3 is 1.05 bits per heavy atom. The smallest absolute Gasteiger partial charge is 0.0749 e. The van der Waals surface area contributed by atoms with Crippen LogP contribution in [0.4, 0.5) is 0 Å². The summed E-state index contributed by atoms with van der Waals surface area (Å²) in [5.74, 6) is 0. The summed E-state index contributed by atoms with van der Waals surface area (Å²) in [4.78, 5) is 5.86. The molecule has 2 aliphatic heterocycles. The average molecular weight is 596 g/mol. The van der Waals surface area contributed by atoms with Crippen molar-refractivity contribution < 1.29 is 0 Å². The van der Waals surface area contributed by atoms with Crippen molar-refractivity contribution in [1.82, 2.24) is 0 Å². The summed E-state index contributed by atoms with van der Waals surface area (Å²) in [5.41, 5.74) is 0. The molecule has 0 bridgehead atoms. The largest absolute Gasteiger partial charge is 0.0878 e. The topological polar surface area (TPSA) is 0 Å². The zero-order chi connectivity index (χ0) is 13.9. The molecule has 0 saturated heterocycles. The van der Waals surface area contributed by atoms with Crippen molar-refractivity contribution in [1.29, 1.82) is 0 Å². The maximum absolute atomic E-state index is 2.52. The number of benzene rings is 2. The third-order valence-corrected chi connectivity index (χ3v) is 19.3. The lowest BCUT2D eigenvalue weighted by molar-refractivity contribution is 1.27. The molecule has 0 N–H and O–H groups in total. The van der Waals surface area contributed by atoms with E-state index in [9.17, 15) is 0 Å². The fraction of sp³-hybridized carbons (Fsp3) is 0. The summed E-state index contributed by atoms with van der Waals surface area (Å²) in [6.07, 6.45) is 0. The van der Waals surface area contributed by atoms with E-state index < -0.39 is 0 Å². The van der Waals surface area contributed by atoms with Crippen molar-refractivity contribution in [2.24, 2.45) is 0 Å². The van der Waals surface area contributed by atoms with Gasteiger partial charge in [-0.15, -0.1) is 0 Å². The van der Waals surface area contributed by atoms with Gasteiger partial charge in [0.2, 0.25) is 0 Å². The van der Waals surface area contributed by atoms with Crippen LogP contribution in [0.5, 0.6) is 0 Å². The zero-order valence-corrected chi connectivity index (χ0v) is 19.3. The highest BCUT2D eigenvalue weighted by Crippen LogP contribution is 2.78. The molecule has 0 spiro atoms. The van der Waals surface area contributed by atoms with Gasteiger partial charge >= 0.3 is 0 Å². The molecule has 2 aromatic carbocycles. The molecule has 0 amide bonds. The van der Waals surface area contributed by atoms with E-state index >= 15 is 0 Å². The second kappa shape index (κ2) is 8.32. The zero-order valence-electron chi connectivity index (χ0n) is 9.90.